The Bertz CT molecular complexity index is 1060. The van der Waals surface area contributed by atoms with Gasteiger partial charge in [-0.2, -0.15) is 0 Å². The molecule has 1 saturated heterocycles. The van der Waals surface area contributed by atoms with Crippen LogP contribution in [-0.2, 0) is 11.2 Å². The SMILES string of the molecule is CCOc1ccc(CC(=O)N2CC[C@H](c3cc(=O)[nH]c(-c4ccccn4)n3)C2)cc1. The van der Waals surface area contributed by atoms with Crippen LogP contribution in [0.3, 0.4) is 0 Å². The summed E-state index contributed by atoms with van der Waals surface area (Å²) in [7, 11) is 0. The van der Waals surface area contributed by atoms with Crippen molar-refractivity contribution < 1.29 is 9.53 Å². The third-order valence-electron chi connectivity index (χ3n) is 5.22. The maximum Gasteiger partial charge on any atom is 0.251 e. The predicted molar refractivity (Wildman–Crippen MR) is 113 cm³/mol. The third-order valence-corrected chi connectivity index (χ3v) is 5.22. The third kappa shape index (κ3) is 4.56. The molecule has 7 heteroatoms. The highest BCUT2D eigenvalue weighted by Crippen LogP contribution is 2.26. The van der Waals surface area contributed by atoms with Crippen molar-refractivity contribution in [2.24, 2.45) is 0 Å². The number of H-pyrrole nitrogens is 1. The Morgan fingerprint density at radius 2 is 2.07 bits per heavy atom. The quantitative estimate of drug-likeness (QED) is 0.683. The lowest BCUT2D eigenvalue weighted by Crippen LogP contribution is -2.30. The highest BCUT2D eigenvalue weighted by molar-refractivity contribution is 5.79. The summed E-state index contributed by atoms with van der Waals surface area (Å²) < 4.78 is 5.45. The minimum absolute atomic E-state index is 0.0408. The monoisotopic (exact) mass is 404 g/mol. The van der Waals surface area contributed by atoms with Crippen molar-refractivity contribution in [2.75, 3.05) is 19.7 Å². The molecule has 1 atom stereocenters. The molecular formula is C23H24N4O3. The van der Waals surface area contributed by atoms with Crippen LogP contribution in [0.15, 0.2) is 59.5 Å². The summed E-state index contributed by atoms with van der Waals surface area (Å²) in [5.74, 6) is 1.38. The number of pyridine rings is 1. The van der Waals surface area contributed by atoms with E-state index in [-0.39, 0.29) is 17.4 Å². The van der Waals surface area contributed by atoms with Gasteiger partial charge >= 0.3 is 0 Å². The number of carbonyl (C=O) groups is 1. The smallest absolute Gasteiger partial charge is 0.251 e. The molecular weight excluding hydrogens is 380 g/mol. The number of nitrogens with one attached hydrogen (secondary N) is 1. The molecule has 30 heavy (non-hydrogen) atoms. The lowest BCUT2D eigenvalue weighted by atomic mass is 10.0. The maximum atomic E-state index is 12.8. The number of aromatic nitrogens is 3. The van der Waals surface area contributed by atoms with E-state index in [0.717, 1.165) is 17.7 Å². The molecule has 1 fully saturated rings. The van der Waals surface area contributed by atoms with Crippen molar-refractivity contribution in [3.8, 4) is 17.3 Å². The van der Waals surface area contributed by atoms with Gasteiger partial charge in [0.05, 0.1) is 18.7 Å². The van der Waals surface area contributed by atoms with Crippen molar-refractivity contribution in [1.82, 2.24) is 19.9 Å². The van der Waals surface area contributed by atoms with Gasteiger partial charge in [0.15, 0.2) is 5.82 Å². The van der Waals surface area contributed by atoms with Crippen molar-refractivity contribution >= 4 is 5.91 Å². The molecule has 1 N–H and O–H groups in total. The number of nitrogens with zero attached hydrogens (tertiary/aromatic N) is 3. The second-order valence-electron chi connectivity index (χ2n) is 7.31. The van der Waals surface area contributed by atoms with Gasteiger partial charge in [0.25, 0.3) is 5.56 Å². The van der Waals surface area contributed by atoms with Gasteiger partial charge < -0.3 is 14.6 Å². The highest BCUT2D eigenvalue weighted by atomic mass is 16.5. The topological polar surface area (TPSA) is 88.2 Å². The van der Waals surface area contributed by atoms with Gasteiger partial charge in [-0.05, 0) is 43.2 Å². The number of hydrogen-bond donors (Lipinski definition) is 1. The highest BCUT2D eigenvalue weighted by Gasteiger charge is 2.28. The summed E-state index contributed by atoms with van der Waals surface area (Å²) >= 11 is 0. The summed E-state index contributed by atoms with van der Waals surface area (Å²) in [6.07, 6.45) is 2.80. The molecule has 154 valence electrons. The lowest BCUT2D eigenvalue weighted by molar-refractivity contribution is -0.129. The Morgan fingerprint density at radius 1 is 1.23 bits per heavy atom. The summed E-state index contributed by atoms with van der Waals surface area (Å²) in [4.78, 5) is 38.4. The number of amides is 1. The average Bonchev–Trinajstić information content (AvgIpc) is 3.26. The minimum atomic E-state index is -0.209. The molecule has 4 rings (SSSR count). The van der Waals surface area contributed by atoms with Gasteiger partial charge in [-0.3, -0.25) is 14.6 Å². The summed E-state index contributed by atoms with van der Waals surface area (Å²) in [6.45, 7) is 3.78. The fourth-order valence-corrected chi connectivity index (χ4v) is 3.69. The van der Waals surface area contributed by atoms with E-state index in [1.165, 1.54) is 6.07 Å². The van der Waals surface area contributed by atoms with Gasteiger partial charge in [0, 0.05) is 31.3 Å². The lowest BCUT2D eigenvalue weighted by Gasteiger charge is -2.17. The minimum Gasteiger partial charge on any atom is -0.494 e. The number of likely N-dealkylation sites (tertiary alicyclic amines) is 1. The molecule has 2 aromatic heterocycles. The van der Waals surface area contributed by atoms with Gasteiger partial charge in [0.1, 0.15) is 11.4 Å². The van der Waals surface area contributed by atoms with Crippen LogP contribution in [0.1, 0.15) is 30.5 Å². The Labute approximate surface area is 174 Å². The normalized spacial score (nSPS) is 15.9. The first-order valence-corrected chi connectivity index (χ1v) is 10.1. The van der Waals surface area contributed by atoms with Crippen molar-refractivity contribution in [1.29, 1.82) is 0 Å². The summed E-state index contributed by atoms with van der Waals surface area (Å²) in [6, 6.07) is 14.6. The number of aromatic amines is 1. The first-order chi connectivity index (χ1) is 14.6. The van der Waals surface area contributed by atoms with E-state index >= 15 is 0 Å². The molecule has 0 spiro atoms. The van der Waals surface area contributed by atoms with Crippen LogP contribution in [0, 0.1) is 0 Å². The van der Waals surface area contributed by atoms with E-state index in [9.17, 15) is 9.59 Å². The molecule has 0 radical (unpaired) electrons. The Balaban J connectivity index is 1.43. The Kier molecular flexibility index (Phi) is 5.88. The molecule has 1 amide bonds. The molecule has 0 unspecified atom stereocenters. The van der Waals surface area contributed by atoms with Crippen molar-refractivity contribution in [2.45, 2.75) is 25.7 Å². The number of hydrogen-bond acceptors (Lipinski definition) is 5. The van der Waals surface area contributed by atoms with E-state index in [2.05, 4.69) is 15.0 Å². The number of carbonyl (C=O) groups excluding carboxylic acids is 1. The molecule has 0 aliphatic carbocycles. The number of ether oxygens (including phenoxy) is 1. The fraction of sp³-hybridized carbons (Fsp3) is 0.304. The van der Waals surface area contributed by atoms with Gasteiger partial charge in [0.2, 0.25) is 5.91 Å². The van der Waals surface area contributed by atoms with Crippen LogP contribution < -0.4 is 10.3 Å². The zero-order chi connectivity index (χ0) is 20.9. The zero-order valence-electron chi connectivity index (χ0n) is 16.9. The van der Waals surface area contributed by atoms with E-state index < -0.39 is 0 Å². The molecule has 7 nitrogen and oxygen atoms in total. The molecule has 1 aliphatic rings. The summed E-state index contributed by atoms with van der Waals surface area (Å²) in [5, 5.41) is 0. The van der Waals surface area contributed by atoms with Crippen LogP contribution in [0.5, 0.6) is 5.75 Å². The first-order valence-electron chi connectivity index (χ1n) is 10.1. The zero-order valence-corrected chi connectivity index (χ0v) is 16.9. The second-order valence-corrected chi connectivity index (χ2v) is 7.31. The molecule has 1 aromatic carbocycles. The molecule has 3 heterocycles. The Hall–Kier alpha value is -3.48. The largest absolute Gasteiger partial charge is 0.494 e. The van der Waals surface area contributed by atoms with Gasteiger partial charge in [-0.25, -0.2) is 4.98 Å². The number of rotatable bonds is 6. The van der Waals surface area contributed by atoms with E-state index in [1.807, 2.05) is 54.3 Å². The fourth-order valence-electron chi connectivity index (χ4n) is 3.69. The second kappa shape index (κ2) is 8.90. The molecule has 1 aliphatic heterocycles. The number of benzene rings is 1. The average molecular weight is 404 g/mol. The predicted octanol–water partition coefficient (Wildman–Crippen LogP) is 2.79. The van der Waals surface area contributed by atoms with Gasteiger partial charge in [-0.1, -0.05) is 18.2 Å². The molecule has 0 saturated carbocycles. The van der Waals surface area contributed by atoms with E-state index in [1.54, 1.807) is 6.20 Å². The summed E-state index contributed by atoms with van der Waals surface area (Å²) in [5.41, 5.74) is 2.08. The molecule has 0 bridgehead atoms. The van der Waals surface area contributed by atoms with Crippen LogP contribution in [0.2, 0.25) is 0 Å². The maximum absolute atomic E-state index is 12.8. The van der Waals surface area contributed by atoms with E-state index in [0.29, 0.717) is 43.3 Å². The Morgan fingerprint density at radius 3 is 2.80 bits per heavy atom. The van der Waals surface area contributed by atoms with E-state index in [4.69, 9.17) is 4.74 Å². The van der Waals surface area contributed by atoms with Crippen molar-refractivity contribution in [3.05, 3.63) is 76.3 Å². The van der Waals surface area contributed by atoms with Crippen LogP contribution in [-0.4, -0.2) is 45.5 Å². The van der Waals surface area contributed by atoms with Crippen molar-refractivity contribution in [3.63, 3.8) is 0 Å². The molecule has 3 aromatic rings. The van der Waals surface area contributed by atoms with Crippen LogP contribution in [0.25, 0.3) is 11.5 Å². The first kappa shape index (κ1) is 19.8. The van der Waals surface area contributed by atoms with Gasteiger partial charge in [-0.15, -0.1) is 0 Å². The van der Waals surface area contributed by atoms with Crippen LogP contribution >= 0.6 is 0 Å². The standard InChI is InChI=1S/C23H24N4O3/c1-2-30-18-8-6-16(7-9-18)13-22(29)27-12-10-17(15-27)20-14-21(28)26-23(25-20)19-5-3-4-11-24-19/h3-9,11,14,17H,2,10,12-13,15H2,1H3,(H,25,26,28)/t17-/m0/s1. The van der Waals surface area contributed by atoms with Crippen LogP contribution in [0.4, 0.5) is 0 Å².